The second kappa shape index (κ2) is 7.50. The number of aromatic nitrogens is 2. The number of likely N-dealkylation sites (tertiary alicyclic amines) is 1. The number of hydrogen-bond donors (Lipinski definition) is 1. The van der Waals surface area contributed by atoms with E-state index in [2.05, 4.69) is 15.3 Å². The fourth-order valence-electron chi connectivity index (χ4n) is 2.74. The fourth-order valence-corrected chi connectivity index (χ4v) is 2.74. The van der Waals surface area contributed by atoms with Gasteiger partial charge in [-0.1, -0.05) is 12.8 Å². The van der Waals surface area contributed by atoms with Gasteiger partial charge in [-0.3, -0.25) is 4.79 Å². The molecular formula is C17H17F3N4O. The van der Waals surface area contributed by atoms with Gasteiger partial charge in [-0.15, -0.1) is 0 Å². The van der Waals surface area contributed by atoms with Crippen molar-refractivity contribution in [2.75, 3.05) is 18.4 Å². The third-order valence-corrected chi connectivity index (χ3v) is 4.08. The van der Waals surface area contributed by atoms with E-state index < -0.39 is 17.5 Å². The molecule has 3 rings (SSSR count). The number of nitrogens with one attached hydrogen (secondary N) is 1. The molecule has 0 unspecified atom stereocenters. The lowest BCUT2D eigenvalue weighted by Gasteiger charge is -2.19. The Morgan fingerprint density at radius 1 is 1.00 bits per heavy atom. The van der Waals surface area contributed by atoms with Crippen LogP contribution in [0.3, 0.4) is 0 Å². The van der Waals surface area contributed by atoms with E-state index in [9.17, 15) is 18.0 Å². The van der Waals surface area contributed by atoms with Crippen molar-refractivity contribution < 1.29 is 18.0 Å². The Kier molecular flexibility index (Phi) is 5.16. The lowest BCUT2D eigenvalue weighted by Crippen LogP contribution is -2.32. The summed E-state index contributed by atoms with van der Waals surface area (Å²) in [4.78, 5) is 22.1. The van der Waals surface area contributed by atoms with Crippen LogP contribution in [0.5, 0.6) is 0 Å². The lowest BCUT2D eigenvalue weighted by atomic mass is 10.2. The molecule has 1 N–H and O–H groups in total. The van der Waals surface area contributed by atoms with E-state index in [1.807, 2.05) is 0 Å². The first kappa shape index (κ1) is 17.2. The Morgan fingerprint density at radius 3 is 2.44 bits per heavy atom. The molecule has 1 aliphatic heterocycles. The van der Waals surface area contributed by atoms with Crippen molar-refractivity contribution in [2.24, 2.45) is 0 Å². The smallest absolute Gasteiger partial charge is 0.272 e. The van der Waals surface area contributed by atoms with Gasteiger partial charge in [0.25, 0.3) is 5.91 Å². The fraction of sp³-hybridized carbons (Fsp3) is 0.353. The quantitative estimate of drug-likeness (QED) is 0.859. The molecule has 1 amide bonds. The molecule has 0 saturated carbocycles. The van der Waals surface area contributed by atoms with E-state index in [0.29, 0.717) is 13.1 Å². The van der Waals surface area contributed by atoms with Gasteiger partial charge in [0, 0.05) is 19.2 Å². The van der Waals surface area contributed by atoms with E-state index in [1.54, 1.807) is 4.90 Å². The predicted molar refractivity (Wildman–Crippen MR) is 86.0 cm³/mol. The largest absolute Gasteiger partial charge is 0.338 e. The zero-order valence-electron chi connectivity index (χ0n) is 13.4. The molecule has 2 heterocycles. The van der Waals surface area contributed by atoms with Crippen molar-refractivity contribution in [3.05, 3.63) is 47.7 Å². The molecule has 0 radical (unpaired) electrons. The summed E-state index contributed by atoms with van der Waals surface area (Å²) in [6.07, 6.45) is 5.25. The second-order valence-electron chi connectivity index (χ2n) is 5.84. The van der Waals surface area contributed by atoms with E-state index in [1.165, 1.54) is 12.4 Å². The van der Waals surface area contributed by atoms with Crippen LogP contribution in [0.25, 0.3) is 0 Å². The summed E-state index contributed by atoms with van der Waals surface area (Å²) >= 11 is 0. The molecule has 25 heavy (non-hydrogen) atoms. The number of anilines is 2. The molecule has 132 valence electrons. The van der Waals surface area contributed by atoms with Crippen LogP contribution in [0.1, 0.15) is 36.2 Å². The summed E-state index contributed by atoms with van der Waals surface area (Å²) in [6.45, 7) is 1.34. The minimum absolute atomic E-state index is 0.123. The molecular weight excluding hydrogens is 333 g/mol. The molecule has 0 spiro atoms. The number of carbonyl (C=O) groups is 1. The zero-order valence-corrected chi connectivity index (χ0v) is 13.4. The highest BCUT2D eigenvalue weighted by Gasteiger charge is 2.19. The minimum atomic E-state index is -1.57. The maximum Gasteiger partial charge on any atom is 0.272 e. The number of nitrogens with zero attached hydrogens (tertiary/aromatic N) is 3. The Balaban J connectivity index is 1.79. The standard InChI is InChI=1S/C17H17F3N4O/c18-11-5-6-12(16(20)15(11)19)23-14-9-13(21-10-22-14)17(25)24-7-3-1-2-4-8-24/h5-6,9-10H,1-4,7-8H2,(H,21,22,23). The van der Waals surface area contributed by atoms with Gasteiger partial charge in [-0.25, -0.2) is 23.1 Å². The van der Waals surface area contributed by atoms with Crippen molar-refractivity contribution in [1.29, 1.82) is 0 Å². The van der Waals surface area contributed by atoms with E-state index in [4.69, 9.17) is 0 Å². The van der Waals surface area contributed by atoms with Crippen LogP contribution in [-0.4, -0.2) is 33.9 Å². The van der Waals surface area contributed by atoms with Crippen LogP contribution in [0, 0.1) is 17.5 Å². The summed E-state index contributed by atoms with van der Waals surface area (Å²) in [5, 5.41) is 2.55. The monoisotopic (exact) mass is 350 g/mol. The van der Waals surface area contributed by atoms with Crippen LogP contribution in [0.2, 0.25) is 0 Å². The predicted octanol–water partition coefficient (Wildman–Crippen LogP) is 3.65. The average Bonchev–Trinajstić information content (AvgIpc) is 2.91. The molecule has 0 aliphatic carbocycles. The average molecular weight is 350 g/mol. The van der Waals surface area contributed by atoms with Crippen molar-refractivity contribution in [2.45, 2.75) is 25.7 Å². The van der Waals surface area contributed by atoms with Gasteiger partial charge >= 0.3 is 0 Å². The normalized spacial score (nSPS) is 14.9. The molecule has 1 aromatic carbocycles. The maximum atomic E-state index is 13.7. The molecule has 1 aliphatic rings. The van der Waals surface area contributed by atoms with Gasteiger partial charge < -0.3 is 10.2 Å². The number of rotatable bonds is 3. The van der Waals surface area contributed by atoms with Crippen LogP contribution < -0.4 is 5.32 Å². The van der Waals surface area contributed by atoms with Gasteiger partial charge in [-0.05, 0) is 25.0 Å². The summed E-state index contributed by atoms with van der Waals surface area (Å²) in [5.41, 5.74) is -0.104. The number of hydrogen-bond acceptors (Lipinski definition) is 4. The van der Waals surface area contributed by atoms with Crippen molar-refractivity contribution >= 4 is 17.4 Å². The van der Waals surface area contributed by atoms with Crippen LogP contribution >= 0.6 is 0 Å². The second-order valence-corrected chi connectivity index (χ2v) is 5.84. The van der Waals surface area contributed by atoms with Crippen molar-refractivity contribution in [3.63, 3.8) is 0 Å². The Bertz CT molecular complexity index is 776. The molecule has 0 atom stereocenters. The molecule has 1 fully saturated rings. The summed E-state index contributed by atoms with van der Waals surface area (Å²) in [6, 6.07) is 3.24. The molecule has 0 bridgehead atoms. The number of halogens is 3. The van der Waals surface area contributed by atoms with Crippen LogP contribution in [-0.2, 0) is 0 Å². The number of benzene rings is 1. The van der Waals surface area contributed by atoms with Gasteiger partial charge in [0.15, 0.2) is 17.5 Å². The van der Waals surface area contributed by atoms with E-state index >= 15 is 0 Å². The number of amides is 1. The van der Waals surface area contributed by atoms with Crippen molar-refractivity contribution in [3.8, 4) is 0 Å². The first-order chi connectivity index (χ1) is 12.1. The summed E-state index contributed by atoms with van der Waals surface area (Å²) < 4.78 is 40.0. The molecule has 1 aromatic heterocycles. The topological polar surface area (TPSA) is 58.1 Å². The Hall–Kier alpha value is -2.64. The third-order valence-electron chi connectivity index (χ3n) is 4.08. The summed E-state index contributed by atoms with van der Waals surface area (Å²) in [7, 11) is 0. The third kappa shape index (κ3) is 3.89. The number of carbonyl (C=O) groups excluding carboxylic acids is 1. The lowest BCUT2D eigenvalue weighted by molar-refractivity contribution is 0.0755. The van der Waals surface area contributed by atoms with Crippen LogP contribution in [0.15, 0.2) is 24.5 Å². The zero-order chi connectivity index (χ0) is 17.8. The minimum Gasteiger partial charge on any atom is -0.338 e. The maximum absolute atomic E-state index is 13.7. The molecule has 8 heteroatoms. The van der Waals surface area contributed by atoms with E-state index in [-0.39, 0.29) is 23.1 Å². The Labute approximate surface area is 142 Å². The highest BCUT2D eigenvalue weighted by molar-refractivity contribution is 5.93. The van der Waals surface area contributed by atoms with Crippen molar-refractivity contribution in [1.82, 2.24) is 14.9 Å². The van der Waals surface area contributed by atoms with Crippen LogP contribution in [0.4, 0.5) is 24.7 Å². The first-order valence-corrected chi connectivity index (χ1v) is 8.08. The highest BCUT2D eigenvalue weighted by Crippen LogP contribution is 2.23. The van der Waals surface area contributed by atoms with Gasteiger partial charge in [0.05, 0.1) is 5.69 Å². The molecule has 2 aromatic rings. The Morgan fingerprint density at radius 2 is 1.72 bits per heavy atom. The SMILES string of the molecule is O=C(c1cc(Nc2ccc(F)c(F)c2F)ncn1)N1CCCCCC1. The molecule has 1 saturated heterocycles. The van der Waals surface area contributed by atoms with Gasteiger partial charge in [0.1, 0.15) is 17.8 Å². The van der Waals surface area contributed by atoms with E-state index in [0.717, 1.165) is 37.8 Å². The van der Waals surface area contributed by atoms with Gasteiger partial charge in [-0.2, -0.15) is 0 Å². The molecule has 5 nitrogen and oxygen atoms in total. The highest BCUT2D eigenvalue weighted by atomic mass is 19.2. The van der Waals surface area contributed by atoms with Gasteiger partial charge in [0.2, 0.25) is 0 Å². The first-order valence-electron chi connectivity index (χ1n) is 8.08. The summed E-state index contributed by atoms with van der Waals surface area (Å²) in [5.74, 6) is -4.29.